The Morgan fingerprint density at radius 3 is 2.75 bits per heavy atom. The number of benzene rings is 1. The number of hydrogen-bond donors (Lipinski definition) is 0. The zero-order valence-corrected chi connectivity index (χ0v) is 7.47. The Balaban J connectivity index is 2.63. The van der Waals surface area contributed by atoms with Crippen molar-refractivity contribution in [3.63, 3.8) is 0 Å². The van der Waals surface area contributed by atoms with Crippen molar-refractivity contribution >= 4 is 17.0 Å². The third kappa shape index (κ3) is 2.55. The molecule has 0 aliphatic carbocycles. The number of carbonyl (C=O) groups is 1. The Labute approximate surface area is 76.1 Å². The summed E-state index contributed by atoms with van der Waals surface area (Å²) in [6.07, 6.45) is 0. The van der Waals surface area contributed by atoms with Crippen LogP contribution in [0.2, 0.25) is 0 Å². The first-order valence-electron chi connectivity index (χ1n) is 3.57. The summed E-state index contributed by atoms with van der Waals surface area (Å²) in [5.74, 6) is 0. The smallest absolute Gasteiger partial charge is 0.404 e. The molecule has 0 fully saturated rings. The summed E-state index contributed by atoms with van der Waals surface area (Å²) in [7, 11) is 0. The molecule has 1 rings (SSSR count). The molecule has 12 heavy (non-hydrogen) atoms. The fraction of sp³-hybridized carbons (Fsp3) is 0.222. The van der Waals surface area contributed by atoms with E-state index >= 15 is 0 Å². The van der Waals surface area contributed by atoms with Crippen LogP contribution < -0.4 is 0 Å². The van der Waals surface area contributed by atoms with Gasteiger partial charge in [0.05, 0.1) is 0 Å². The standard InChI is InChI=1S/C9H9ClO2/c1-7-4-2-3-5-8(7)6-12-9(10)11/h2-5H,6H2,1H3. The van der Waals surface area contributed by atoms with E-state index in [1.165, 1.54) is 0 Å². The first-order valence-corrected chi connectivity index (χ1v) is 3.94. The molecule has 0 aliphatic rings. The number of carbonyl (C=O) groups excluding carboxylic acids is 1. The summed E-state index contributed by atoms with van der Waals surface area (Å²) in [5.41, 5.74) is 1.31. The highest BCUT2D eigenvalue weighted by Gasteiger charge is 1.99. The van der Waals surface area contributed by atoms with Gasteiger partial charge in [0.25, 0.3) is 0 Å². The second kappa shape index (κ2) is 4.12. The van der Waals surface area contributed by atoms with Crippen LogP contribution in [0.4, 0.5) is 4.79 Å². The van der Waals surface area contributed by atoms with Crippen LogP contribution in [0.1, 0.15) is 11.1 Å². The minimum atomic E-state index is -0.766. The van der Waals surface area contributed by atoms with Crippen molar-refractivity contribution in [1.29, 1.82) is 0 Å². The topological polar surface area (TPSA) is 26.3 Å². The van der Waals surface area contributed by atoms with Gasteiger partial charge in [-0.05, 0) is 18.1 Å². The summed E-state index contributed by atoms with van der Waals surface area (Å²) < 4.78 is 4.64. The van der Waals surface area contributed by atoms with Crippen molar-refractivity contribution in [3.8, 4) is 0 Å². The minimum Gasteiger partial charge on any atom is -0.449 e. The average molecular weight is 185 g/mol. The number of ether oxygens (including phenoxy) is 1. The van der Waals surface area contributed by atoms with E-state index in [0.29, 0.717) is 0 Å². The average Bonchev–Trinajstić information content (AvgIpc) is 2.03. The van der Waals surface area contributed by atoms with Crippen molar-refractivity contribution in [2.24, 2.45) is 0 Å². The molecular weight excluding hydrogens is 176 g/mol. The van der Waals surface area contributed by atoms with E-state index in [2.05, 4.69) is 4.74 Å². The van der Waals surface area contributed by atoms with Gasteiger partial charge < -0.3 is 4.74 Å². The van der Waals surface area contributed by atoms with Gasteiger partial charge in [-0.3, -0.25) is 0 Å². The van der Waals surface area contributed by atoms with Gasteiger partial charge in [-0.2, -0.15) is 0 Å². The SMILES string of the molecule is Cc1ccccc1COC(=O)Cl. The van der Waals surface area contributed by atoms with Crippen LogP contribution in [0.15, 0.2) is 24.3 Å². The highest BCUT2D eigenvalue weighted by Crippen LogP contribution is 2.08. The normalized spacial score (nSPS) is 9.50. The molecule has 0 aromatic heterocycles. The van der Waals surface area contributed by atoms with Crippen molar-refractivity contribution in [2.75, 3.05) is 0 Å². The summed E-state index contributed by atoms with van der Waals surface area (Å²) in [6.45, 7) is 2.20. The van der Waals surface area contributed by atoms with Gasteiger partial charge >= 0.3 is 5.43 Å². The Morgan fingerprint density at radius 2 is 2.17 bits per heavy atom. The molecule has 1 aromatic carbocycles. The van der Waals surface area contributed by atoms with Crippen molar-refractivity contribution < 1.29 is 9.53 Å². The van der Waals surface area contributed by atoms with E-state index in [-0.39, 0.29) is 6.61 Å². The molecule has 0 aliphatic heterocycles. The molecule has 2 nitrogen and oxygen atoms in total. The van der Waals surface area contributed by atoms with Crippen LogP contribution in [0.25, 0.3) is 0 Å². The molecule has 0 amide bonds. The second-order valence-electron chi connectivity index (χ2n) is 2.45. The fourth-order valence-electron chi connectivity index (χ4n) is 0.907. The van der Waals surface area contributed by atoms with Crippen LogP contribution in [-0.4, -0.2) is 5.43 Å². The van der Waals surface area contributed by atoms with E-state index < -0.39 is 5.43 Å². The Morgan fingerprint density at radius 1 is 1.50 bits per heavy atom. The van der Waals surface area contributed by atoms with Gasteiger partial charge in [0.15, 0.2) is 0 Å². The van der Waals surface area contributed by atoms with Crippen LogP contribution >= 0.6 is 11.6 Å². The molecule has 0 radical (unpaired) electrons. The highest BCUT2D eigenvalue weighted by atomic mass is 35.5. The number of rotatable bonds is 2. The first kappa shape index (κ1) is 9.07. The summed E-state index contributed by atoms with van der Waals surface area (Å²) in [6, 6.07) is 7.68. The predicted octanol–water partition coefficient (Wildman–Crippen LogP) is 2.87. The van der Waals surface area contributed by atoms with E-state index in [1.807, 2.05) is 31.2 Å². The third-order valence-corrected chi connectivity index (χ3v) is 1.71. The van der Waals surface area contributed by atoms with Crippen LogP contribution in [0.3, 0.4) is 0 Å². The Bertz CT molecular complexity index is 284. The maximum atomic E-state index is 10.3. The lowest BCUT2D eigenvalue weighted by atomic mass is 10.1. The summed E-state index contributed by atoms with van der Waals surface area (Å²) in [4.78, 5) is 10.3. The molecule has 0 spiro atoms. The number of aryl methyl sites for hydroxylation is 1. The Hall–Kier alpha value is -1.02. The molecule has 0 heterocycles. The zero-order chi connectivity index (χ0) is 8.97. The van der Waals surface area contributed by atoms with Gasteiger partial charge in [-0.1, -0.05) is 24.3 Å². The second-order valence-corrected chi connectivity index (χ2v) is 2.76. The van der Waals surface area contributed by atoms with Crippen LogP contribution in [0.5, 0.6) is 0 Å². The molecular formula is C9H9ClO2. The van der Waals surface area contributed by atoms with E-state index in [9.17, 15) is 4.79 Å². The highest BCUT2D eigenvalue weighted by molar-refractivity contribution is 6.61. The lowest BCUT2D eigenvalue weighted by Crippen LogP contribution is -1.96. The molecule has 3 heteroatoms. The quantitative estimate of drug-likeness (QED) is 0.661. The maximum absolute atomic E-state index is 10.3. The van der Waals surface area contributed by atoms with Gasteiger partial charge in [0.1, 0.15) is 6.61 Å². The van der Waals surface area contributed by atoms with E-state index in [0.717, 1.165) is 11.1 Å². The predicted molar refractivity (Wildman–Crippen MR) is 47.2 cm³/mol. The summed E-state index contributed by atoms with van der Waals surface area (Å²) >= 11 is 5.02. The van der Waals surface area contributed by atoms with Crippen LogP contribution in [0, 0.1) is 6.92 Å². The van der Waals surface area contributed by atoms with Gasteiger partial charge in [0.2, 0.25) is 0 Å². The largest absolute Gasteiger partial charge is 0.449 e. The van der Waals surface area contributed by atoms with Crippen molar-refractivity contribution in [1.82, 2.24) is 0 Å². The van der Waals surface area contributed by atoms with Crippen LogP contribution in [-0.2, 0) is 11.3 Å². The molecule has 1 aromatic rings. The van der Waals surface area contributed by atoms with E-state index in [4.69, 9.17) is 11.6 Å². The van der Waals surface area contributed by atoms with Gasteiger partial charge in [-0.25, -0.2) is 4.79 Å². The maximum Gasteiger partial charge on any atom is 0.404 e. The minimum absolute atomic E-state index is 0.245. The molecule has 0 saturated carbocycles. The lowest BCUT2D eigenvalue weighted by Gasteiger charge is -2.03. The fourth-order valence-corrected chi connectivity index (χ4v) is 0.961. The molecule has 0 saturated heterocycles. The van der Waals surface area contributed by atoms with Gasteiger partial charge in [0, 0.05) is 11.6 Å². The van der Waals surface area contributed by atoms with Gasteiger partial charge in [-0.15, -0.1) is 0 Å². The number of halogens is 1. The molecule has 0 atom stereocenters. The van der Waals surface area contributed by atoms with E-state index in [1.54, 1.807) is 0 Å². The van der Waals surface area contributed by atoms with Crippen molar-refractivity contribution in [2.45, 2.75) is 13.5 Å². The third-order valence-electron chi connectivity index (χ3n) is 1.60. The molecule has 64 valence electrons. The molecule has 0 unspecified atom stereocenters. The van der Waals surface area contributed by atoms with Crippen molar-refractivity contribution in [3.05, 3.63) is 35.4 Å². The number of hydrogen-bond acceptors (Lipinski definition) is 2. The monoisotopic (exact) mass is 184 g/mol. The molecule has 0 bridgehead atoms. The lowest BCUT2D eigenvalue weighted by molar-refractivity contribution is 0.167. The first-order chi connectivity index (χ1) is 5.70. The zero-order valence-electron chi connectivity index (χ0n) is 6.71. The Kier molecular flexibility index (Phi) is 3.11. The summed E-state index contributed by atoms with van der Waals surface area (Å²) in [5, 5.41) is 0. The molecule has 0 N–H and O–H groups in total.